The number of oxazole rings is 1. The van der Waals surface area contributed by atoms with Gasteiger partial charge in [0.2, 0.25) is 0 Å². The third-order valence-corrected chi connectivity index (χ3v) is 1.69. The fourth-order valence-corrected chi connectivity index (χ4v) is 1.17. The Kier molecular flexibility index (Phi) is 1.74. The molecule has 0 aliphatic carbocycles. The lowest BCUT2D eigenvalue weighted by atomic mass is 10.3. The molecule has 72 valence electrons. The minimum Gasteiger partial charge on any atom is -0.408 e. The number of anilines is 1. The number of aromatic nitrogens is 1. The number of primary amides is 1. The standard InChI is InChI=1S/C8H7N3O3/c9-7(12)10-4-1-2-5-6(3-4)14-8(13)11-5/h1-3H,(H,11,13)(H3,9,10,12). The Balaban J connectivity index is 2.50. The molecule has 1 aromatic heterocycles. The van der Waals surface area contributed by atoms with Gasteiger partial charge in [-0.3, -0.25) is 4.98 Å². The molecule has 0 atom stereocenters. The van der Waals surface area contributed by atoms with Gasteiger partial charge in [0.1, 0.15) is 0 Å². The maximum absolute atomic E-state index is 10.8. The maximum atomic E-state index is 10.8. The topological polar surface area (TPSA) is 101 Å². The number of nitrogens with one attached hydrogen (secondary N) is 2. The number of amides is 2. The second-order valence-corrected chi connectivity index (χ2v) is 2.71. The second kappa shape index (κ2) is 2.91. The minimum atomic E-state index is -0.665. The van der Waals surface area contributed by atoms with Gasteiger partial charge in [0.25, 0.3) is 0 Å². The molecule has 1 heterocycles. The Morgan fingerprint density at radius 1 is 1.50 bits per heavy atom. The highest BCUT2D eigenvalue weighted by atomic mass is 16.4. The molecule has 0 fully saturated rings. The number of H-pyrrole nitrogens is 1. The number of hydrogen-bond donors (Lipinski definition) is 3. The van der Waals surface area contributed by atoms with Crippen molar-refractivity contribution in [1.29, 1.82) is 0 Å². The molecule has 0 bridgehead atoms. The molecular weight excluding hydrogens is 186 g/mol. The molecule has 0 unspecified atom stereocenters. The van der Waals surface area contributed by atoms with Crippen molar-refractivity contribution in [2.45, 2.75) is 0 Å². The average Bonchev–Trinajstić information content (AvgIpc) is 2.42. The van der Waals surface area contributed by atoms with Crippen LogP contribution in [0.1, 0.15) is 0 Å². The molecule has 0 saturated heterocycles. The molecule has 1 aromatic carbocycles. The smallest absolute Gasteiger partial charge is 0.408 e. The van der Waals surface area contributed by atoms with Gasteiger partial charge in [-0.05, 0) is 12.1 Å². The summed E-state index contributed by atoms with van der Waals surface area (Å²) in [5, 5.41) is 2.37. The number of rotatable bonds is 1. The first-order valence-corrected chi connectivity index (χ1v) is 3.84. The summed E-state index contributed by atoms with van der Waals surface area (Å²) in [6.07, 6.45) is 0. The van der Waals surface area contributed by atoms with Crippen molar-refractivity contribution < 1.29 is 9.21 Å². The molecular formula is C8H7N3O3. The zero-order chi connectivity index (χ0) is 10.1. The molecule has 0 aliphatic rings. The second-order valence-electron chi connectivity index (χ2n) is 2.71. The van der Waals surface area contributed by atoms with Crippen molar-refractivity contribution in [3.8, 4) is 0 Å². The van der Waals surface area contributed by atoms with E-state index < -0.39 is 11.8 Å². The van der Waals surface area contributed by atoms with Crippen LogP contribution in [0.4, 0.5) is 10.5 Å². The van der Waals surface area contributed by atoms with E-state index in [1.807, 2.05) is 0 Å². The Morgan fingerprint density at radius 2 is 2.29 bits per heavy atom. The highest BCUT2D eigenvalue weighted by Gasteiger charge is 2.02. The van der Waals surface area contributed by atoms with Gasteiger partial charge in [-0.1, -0.05) is 0 Å². The van der Waals surface area contributed by atoms with Gasteiger partial charge in [0.15, 0.2) is 5.58 Å². The number of carbonyl (C=O) groups is 1. The van der Waals surface area contributed by atoms with Crippen LogP contribution in [-0.4, -0.2) is 11.0 Å². The third kappa shape index (κ3) is 1.45. The summed E-state index contributed by atoms with van der Waals surface area (Å²) < 4.78 is 4.79. The summed E-state index contributed by atoms with van der Waals surface area (Å²) in [6.45, 7) is 0. The van der Waals surface area contributed by atoms with E-state index in [4.69, 9.17) is 10.2 Å². The largest absolute Gasteiger partial charge is 0.417 e. The van der Waals surface area contributed by atoms with E-state index in [1.165, 1.54) is 6.07 Å². The molecule has 2 rings (SSSR count). The minimum absolute atomic E-state index is 0.376. The molecule has 6 heteroatoms. The SMILES string of the molecule is NC(=O)Nc1ccc2[nH]c(=O)oc2c1. The zero-order valence-electron chi connectivity index (χ0n) is 7.03. The van der Waals surface area contributed by atoms with Crippen LogP contribution in [0.2, 0.25) is 0 Å². The monoisotopic (exact) mass is 193 g/mol. The zero-order valence-corrected chi connectivity index (χ0v) is 7.03. The number of urea groups is 1. The van der Waals surface area contributed by atoms with Gasteiger partial charge in [0.05, 0.1) is 5.52 Å². The Bertz CT molecular complexity index is 540. The van der Waals surface area contributed by atoms with Crippen LogP contribution >= 0.6 is 0 Å². The lowest BCUT2D eigenvalue weighted by Gasteiger charge is -1.99. The van der Waals surface area contributed by atoms with Crippen LogP contribution in [-0.2, 0) is 0 Å². The molecule has 0 radical (unpaired) electrons. The van der Waals surface area contributed by atoms with E-state index >= 15 is 0 Å². The van der Waals surface area contributed by atoms with Gasteiger partial charge in [-0.25, -0.2) is 9.59 Å². The lowest BCUT2D eigenvalue weighted by Crippen LogP contribution is -2.19. The molecule has 14 heavy (non-hydrogen) atoms. The van der Waals surface area contributed by atoms with Crippen molar-refractivity contribution in [3.63, 3.8) is 0 Å². The Morgan fingerprint density at radius 3 is 3.00 bits per heavy atom. The molecule has 0 saturated carbocycles. The van der Waals surface area contributed by atoms with E-state index in [9.17, 15) is 9.59 Å². The summed E-state index contributed by atoms with van der Waals surface area (Å²) in [5.41, 5.74) is 6.35. The van der Waals surface area contributed by atoms with Gasteiger partial charge in [0, 0.05) is 11.8 Å². The van der Waals surface area contributed by atoms with E-state index in [2.05, 4.69) is 10.3 Å². The fourth-order valence-electron chi connectivity index (χ4n) is 1.17. The summed E-state index contributed by atoms with van der Waals surface area (Å²) in [6, 6.07) is 4.07. The fraction of sp³-hybridized carbons (Fsp3) is 0. The van der Waals surface area contributed by atoms with Gasteiger partial charge >= 0.3 is 11.8 Å². The molecule has 0 spiro atoms. The molecule has 6 nitrogen and oxygen atoms in total. The van der Waals surface area contributed by atoms with Crippen LogP contribution in [0, 0.1) is 0 Å². The first-order valence-electron chi connectivity index (χ1n) is 3.84. The number of nitrogens with two attached hydrogens (primary N) is 1. The number of fused-ring (bicyclic) bond motifs is 1. The third-order valence-electron chi connectivity index (χ3n) is 1.69. The maximum Gasteiger partial charge on any atom is 0.417 e. The van der Waals surface area contributed by atoms with Gasteiger partial charge < -0.3 is 15.5 Å². The average molecular weight is 193 g/mol. The number of carbonyl (C=O) groups excluding carboxylic acids is 1. The van der Waals surface area contributed by atoms with Gasteiger partial charge in [-0.2, -0.15) is 0 Å². The highest BCUT2D eigenvalue weighted by molar-refractivity contribution is 5.90. The quantitative estimate of drug-likeness (QED) is 0.618. The molecule has 2 amide bonds. The van der Waals surface area contributed by atoms with Crippen LogP contribution in [0.3, 0.4) is 0 Å². The van der Waals surface area contributed by atoms with Crippen molar-refractivity contribution in [2.24, 2.45) is 5.73 Å². The number of aromatic amines is 1. The lowest BCUT2D eigenvalue weighted by molar-refractivity contribution is 0.259. The van der Waals surface area contributed by atoms with Crippen molar-refractivity contribution in [1.82, 2.24) is 4.98 Å². The van der Waals surface area contributed by atoms with E-state index in [1.54, 1.807) is 12.1 Å². The van der Waals surface area contributed by atoms with E-state index in [-0.39, 0.29) is 0 Å². The van der Waals surface area contributed by atoms with Crippen LogP contribution in [0.15, 0.2) is 27.4 Å². The summed E-state index contributed by atoms with van der Waals surface area (Å²) >= 11 is 0. The number of hydrogen-bond acceptors (Lipinski definition) is 3. The normalized spacial score (nSPS) is 10.3. The molecule has 4 N–H and O–H groups in total. The Hall–Kier alpha value is -2.24. The van der Waals surface area contributed by atoms with Crippen LogP contribution < -0.4 is 16.8 Å². The van der Waals surface area contributed by atoms with Crippen molar-refractivity contribution in [3.05, 3.63) is 28.7 Å². The predicted octanol–water partition coefficient (Wildman–Crippen LogP) is 0.612. The van der Waals surface area contributed by atoms with Crippen LogP contribution in [0.25, 0.3) is 11.1 Å². The molecule has 0 aliphatic heterocycles. The van der Waals surface area contributed by atoms with Crippen molar-refractivity contribution >= 4 is 22.8 Å². The molecule has 2 aromatic rings. The first-order chi connectivity index (χ1) is 6.65. The highest BCUT2D eigenvalue weighted by Crippen LogP contribution is 2.15. The van der Waals surface area contributed by atoms with Crippen molar-refractivity contribution in [2.75, 3.05) is 5.32 Å². The predicted molar refractivity (Wildman–Crippen MR) is 50.0 cm³/mol. The summed E-state index contributed by atoms with van der Waals surface area (Å²) in [7, 11) is 0. The number of benzene rings is 1. The van der Waals surface area contributed by atoms with E-state index in [0.29, 0.717) is 16.8 Å². The van der Waals surface area contributed by atoms with Crippen LogP contribution in [0.5, 0.6) is 0 Å². The Labute approximate surface area is 77.7 Å². The van der Waals surface area contributed by atoms with Gasteiger partial charge in [-0.15, -0.1) is 0 Å². The summed E-state index contributed by atoms with van der Waals surface area (Å²) in [5.74, 6) is -0.531. The van der Waals surface area contributed by atoms with E-state index in [0.717, 1.165) is 0 Å². The first kappa shape index (κ1) is 8.36. The summed E-state index contributed by atoms with van der Waals surface area (Å²) in [4.78, 5) is 23.8.